The molecule has 0 aliphatic carbocycles. The highest BCUT2D eigenvalue weighted by atomic mass is 16.5. The van der Waals surface area contributed by atoms with Crippen molar-refractivity contribution in [2.24, 2.45) is 17.8 Å². The fourth-order valence-corrected chi connectivity index (χ4v) is 5.94. The molecule has 11 nitrogen and oxygen atoms in total. The number of benzene rings is 3. The second-order valence-corrected chi connectivity index (χ2v) is 14.1. The fraction of sp³-hybridized carbons (Fsp3) is 0.500. The van der Waals surface area contributed by atoms with Crippen molar-refractivity contribution < 1.29 is 34.1 Å². The van der Waals surface area contributed by atoms with Gasteiger partial charge in [-0.15, -0.1) is 0 Å². The summed E-state index contributed by atoms with van der Waals surface area (Å²) in [6.45, 7) is 11.1. The van der Waals surface area contributed by atoms with Gasteiger partial charge < -0.3 is 36.2 Å². The van der Waals surface area contributed by atoms with E-state index in [0.717, 1.165) is 28.3 Å². The monoisotopic (exact) mass is 704 g/mol. The van der Waals surface area contributed by atoms with Crippen LogP contribution in [-0.2, 0) is 32.1 Å². The summed E-state index contributed by atoms with van der Waals surface area (Å²) in [6, 6.07) is 19.4. The van der Waals surface area contributed by atoms with Gasteiger partial charge in [0.1, 0.15) is 18.7 Å². The molecule has 4 amide bonds. The van der Waals surface area contributed by atoms with Gasteiger partial charge in [0.25, 0.3) is 0 Å². The van der Waals surface area contributed by atoms with E-state index in [1.54, 1.807) is 13.8 Å². The van der Waals surface area contributed by atoms with Gasteiger partial charge >= 0.3 is 6.09 Å². The van der Waals surface area contributed by atoms with E-state index >= 15 is 0 Å². The van der Waals surface area contributed by atoms with Crippen LogP contribution >= 0.6 is 0 Å². The lowest BCUT2D eigenvalue weighted by atomic mass is 9.94. The van der Waals surface area contributed by atoms with Crippen molar-refractivity contribution in [1.82, 2.24) is 21.3 Å². The van der Waals surface area contributed by atoms with Crippen LogP contribution in [-0.4, -0.2) is 70.9 Å². The first-order chi connectivity index (χ1) is 24.3. The van der Waals surface area contributed by atoms with Crippen molar-refractivity contribution in [2.45, 2.75) is 104 Å². The van der Waals surface area contributed by atoms with Crippen molar-refractivity contribution in [3.8, 4) is 0 Å². The minimum absolute atomic E-state index is 0.0161. The van der Waals surface area contributed by atoms with Crippen molar-refractivity contribution in [3.63, 3.8) is 0 Å². The van der Waals surface area contributed by atoms with Crippen molar-refractivity contribution in [2.75, 3.05) is 6.61 Å². The van der Waals surface area contributed by atoms with E-state index in [0.29, 0.717) is 6.42 Å². The number of aliphatic hydroxyl groups excluding tert-OH is 2. The molecule has 11 heteroatoms. The van der Waals surface area contributed by atoms with Gasteiger partial charge in [-0.3, -0.25) is 14.4 Å². The number of nitrogens with one attached hydrogen (secondary N) is 4. The second kappa shape index (κ2) is 20.4. The lowest BCUT2D eigenvalue weighted by molar-refractivity contribution is -0.132. The molecule has 3 aromatic carbocycles. The third-order valence-corrected chi connectivity index (χ3v) is 9.16. The van der Waals surface area contributed by atoms with Crippen LogP contribution in [0.15, 0.2) is 72.8 Å². The van der Waals surface area contributed by atoms with Gasteiger partial charge in [0.2, 0.25) is 17.7 Å². The minimum atomic E-state index is -1.21. The summed E-state index contributed by atoms with van der Waals surface area (Å²) >= 11 is 0. The summed E-state index contributed by atoms with van der Waals surface area (Å²) in [5.74, 6) is -1.78. The topological polar surface area (TPSA) is 166 Å². The van der Waals surface area contributed by atoms with Gasteiger partial charge in [-0.25, -0.2) is 4.79 Å². The molecule has 3 rings (SSSR count). The Hall–Kier alpha value is -4.48. The summed E-state index contributed by atoms with van der Waals surface area (Å²) in [4.78, 5) is 53.6. The quantitative estimate of drug-likeness (QED) is 0.106. The van der Waals surface area contributed by atoms with Crippen molar-refractivity contribution in [1.29, 1.82) is 0 Å². The van der Waals surface area contributed by atoms with Gasteiger partial charge in [-0.2, -0.15) is 0 Å². The molecule has 0 aliphatic heterocycles. The standard InChI is InChI=1S/C40H56N4O7/c1-7-27(6)34(23-45)41-36(47)22-35(46)32(20-25(2)3)42-39(49)37(26(4)5)44-38(48)33(43-40(50)51-24-28-14-9-8-10-15-28)21-30-18-13-17-29-16-11-12-19-31(29)30/h8-19,25-27,32-35,37,45-46H,7,20-24H2,1-6H3,(H,41,47)(H,42,49)(H,43,50)(H,44,48)/t27?,32?,33-,34+,35?,37-/m0/s1. The number of hydrogen-bond donors (Lipinski definition) is 6. The number of alkyl carbamates (subject to hydrolysis) is 1. The molecule has 0 bridgehead atoms. The Morgan fingerprint density at radius 2 is 1.43 bits per heavy atom. The highest BCUT2D eigenvalue weighted by molar-refractivity contribution is 5.93. The number of ether oxygens (including phenoxy) is 1. The number of rotatable bonds is 19. The molecule has 0 aromatic heterocycles. The lowest BCUT2D eigenvalue weighted by Gasteiger charge is -2.30. The summed E-state index contributed by atoms with van der Waals surface area (Å²) in [6.07, 6.45) is -0.987. The van der Waals surface area contributed by atoms with Gasteiger partial charge in [0.05, 0.1) is 31.2 Å². The van der Waals surface area contributed by atoms with Crippen LogP contribution in [0.25, 0.3) is 10.8 Å². The van der Waals surface area contributed by atoms with E-state index in [9.17, 15) is 29.4 Å². The van der Waals surface area contributed by atoms with Crippen LogP contribution in [0.4, 0.5) is 4.79 Å². The Morgan fingerprint density at radius 1 is 0.765 bits per heavy atom. The first kappa shape index (κ1) is 40.9. The maximum atomic E-state index is 14.0. The zero-order valence-electron chi connectivity index (χ0n) is 30.7. The number of fused-ring (bicyclic) bond motifs is 1. The minimum Gasteiger partial charge on any atom is -0.445 e. The van der Waals surface area contributed by atoms with Crippen LogP contribution in [0.3, 0.4) is 0 Å². The molecule has 0 fully saturated rings. The smallest absolute Gasteiger partial charge is 0.408 e. The summed E-state index contributed by atoms with van der Waals surface area (Å²) in [5, 5.41) is 34.0. The Bertz CT molecular complexity index is 1560. The van der Waals surface area contributed by atoms with Gasteiger partial charge in [-0.1, -0.05) is 121 Å². The number of carbonyl (C=O) groups excluding carboxylic acids is 4. The van der Waals surface area contributed by atoms with E-state index in [1.807, 2.05) is 100 Å². The SMILES string of the molecule is CCC(C)[C@@H](CO)NC(=O)CC(O)C(CC(C)C)NC(=O)[C@@H](NC(=O)[C@H](Cc1cccc2ccccc12)NC(=O)OCc1ccccc1)C(C)C. The number of amides is 4. The predicted molar refractivity (Wildman–Crippen MR) is 198 cm³/mol. The maximum Gasteiger partial charge on any atom is 0.408 e. The summed E-state index contributed by atoms with van der Waals surface area (Å²) in [5.41, 5.74) is 1.62. The van der Waals surface area contributed by atoms with E-state index < -0.39 is 54.1 Å². The Labute approximate surface area is 301 Å². The fourth-order valence-electron chi connectivity index (χ4n) is 5.94. The third kappa shape index (κ3) is 13.0. The second-order valence-electron chi connectivity index (χ2n) is 14.1. The first-order valence-corrected chi connectivity index (χ1v) is 18.0. The molecule has 3 unspecified atom stereocenters. The van der Waals surface area contributed by atoms with Crippen LogP contribution in [0, 0.1) is 17.8 Å². The Balaban J connectivity index is 1.78. The number of hydrogen-bond acceptors (Lipinski definition) is 7. The van der Waals surface area contributed by atoms with Gasteiger partial charge in [0.15, 0.2) is 0 Å². The van der Waals surface area contributed by atoms with Crippen molar-refractivity contribution in [3.05, 3.63) is 83.9 Å². The Kier molecular flexibility index (Phi) is 16.4. The molecule has 0 aliphatic rings. The predicted octanol–water partition coefficient (Wildman–Crippen LogP) is 4.62. The maximum absolute atomic E-state index is 14.0. The molecule has 0 saturated heterocycles. The first-order valence-electron chi connectivity index (χ1n) is 18.0. The molecule has 0 saturated carbocycles. The summed E-state index contributed by atoms with van der Waals surface area (Å²) in [7, 11) is 0. The summed E-state index contributed by atoms with van der Waals surface area (Å²) < 4.78 is 5.45. The molecule has 0 spiro atoms. The van der Waals surface area contributed by atoms with Crippen LogP contribution in [0.2, 0.25) is 0 Å². The van der Waals surface area contributed by atoms with E-state index in [2.05, 4.69) is 21.3 Å². The van der Waals surface area contributed by atoms with Crippen LogP contribution in [0.5, 0.6) is 0 Å². The van der Waals surface area contributed by atoms with Crippen molar-refractivity contribution >= 4 is 34.6 Å². The molecule has 3 aromatic rings. The highest BCUT2D eigenvalue weighted by Gasteiger charge is 2.33. The average molecular weight is 705 g/mol. The molecule has 0 radical (unpaired) electrons. The normalized spacial score (nSPS) is 14.9. The molecular formula is C40H56N4O7. The largest absolute Gasteiger partial charge is 0.445 e. The molecule has 6 N–H and O–H groups in total. The van der Waals surface area contributed by atoms with Gasteiger partial charge in [0, 0.05) is 6.42 Å². The molecule has 278 valence electrons. The zero-order valence-corrected chi connectivity index (χ0v) is 30.7. The molecule has 51 heavy (non-hydrogen) atoms. The van der Waals surface area contributed by atoms with E-state index in [4.69, 9.17) is 4.74 Å². The van der Waals surface area contributed by atoms with E-state index in [1.165, 1.54) is 0 Å². The lowest BCUT2D eigenvalue weighted by Crippen LogP contribution is -2.58. The number of carbonyl (C=O) groups is 4. The van der Waals surface area contributed by atoms with Crippen LogP contribution in [0.1, 0.15) is 71.9 Å². The average Bonchev–Trinajstić information content (AvgIpc) is 3.11. The number of aliphatic hydroxyl groups is 2. The Morgan fingerprint density at radius 3 is 2.08 bits per heavy atom. The highest BCUT2D eigenvalue weighted by Crippen LogP contribution is 2.21. The van der Waals surface area contributed by atoms with E-state index in [-0.39, 0.29) is 43.8 Å². The molecule has 0 heterocycles. The molecular weight excluding hydrogens is 648 g/mol. The molecule has 6 atom stereocenters. The van der Waals surface area contributed by atoms with Crippen LogP contribution < -0.4 is 21.3 Å². The zero-order chi connectivity index (χ0) is 37.5. The van der Waals surface area contributed by atoms with Gasteiger partial charge in [-0.05, 0) is 46.1 Å². The third-order valence-electron chi connectivity index (χ3n) is 9.16.